The van der Waals surface area contributed by atoms with Crippen molar-refractivity contribution in [1.82, 2.24) is 19.6 Å². The Morgan fingerprint density at radius 2 is 2.23 bits per heavy atom. The summed E-state index contributed by atoms with van der Waals surface area (Å²) in [5.41, 5.74) is 12.6. The minimum absolute atomic E-state index is 0.144. The average molecular weight is 589 g/mol. The van der Waals surface area contributed by atoms with Crippen molar-refractivity contribution in [3.05, 3.63) is 52.9 Å². The van der Waals surface area contributed by atoms with Crippen LogP contribution in [0.15, 0.2) is 57.4 Å². The number of carbonyl (C=O) groups is 3. The second-order valence-electron chi connectivity index (χ2n) is 8.45. The quantitative estimate of drug-likeness (QED) is 0.0852. The molecule has 0 spiro atoms. The molecule has 0 aliphatic carbocycles. The smallest absolute Gasteiger partial charge is 0.287 e. The van der Waals surface area contributed by atoms with Crippen molar-refractivity contribution in [2.45, 2.75) is 23.0 Å². The zero-order valence-electron chi connectivity index (χ0n) is 20.6. The van der Waals surface area contributed by atoms with Crippen LogP contribution in [0.5, 0.6) is 0 Å². The number of aliphatic carboxylic acids is 1. The van der Waals surface area contributed by atoms with Crippen LogP contribution in [0, 0.1) is 0 Å². The molecule has 13 nitrogen and oxygen atoms in total. The van der Waals surface area contributed by atoms with E-state index < -0.39 is 29.2 Å². The van der Waals surface area contributed by atoms with Gasteiger partial charge >= 0.3 is 0 Å². The molecular formula is C23H24N8O5S3. The maximum absolute atomic E-state index is 13.1. The van der Waals surface area contributed by atoms with Crippen molar-refractivity contribution in [3.8, 4) is 0 Å². The van der Waals surface area contributed by atoms with Gasteiger partial charge in [-0.2, -0.15) is 4.40 Å². The first-order valence-corrected chi connectivity index (χ1v) is 14.6. The van der Waals surface area contributed by atoms with Crippen LogP contribution in [0.25, 0.3) is 5.65 Å². The monoisotopic (exact) mass is 588 g/mol. The summed E-state index contributed by atoms with van der Waals surface area (Å²) in [5, 5.41) is 20.8. The molecule has 2 aliphatic rings. The molecule has 0 unspecified atom stereocenters. The number of rotatable bonds is 10. The zero-order chi connectivity index (χ0) is 27.7. The number of carbonyl (C=O) groups excluding carboxylic acids is 3. The molecule has 2 amide bonds. The fraction of sp³-hybridized carbons (Fsp3) is 0.304. The molecule has 0 radical (unpaired) electrons. The largest absolute Gasteiger partial charge is 0.543 e. The van der Waals surface area contributed by atoms with E-state index >= 15 is 0 Å². The van der Waals surface area contributed by atoms with Crippen LogP contribution in [0.2, 0.25) is 0 Å². The van der Waals surface area contributed by atoms with Crippen molar-refractivity contribution in [2.75, 3.05) is 30.9 Å². The van der Waals surface area contributed by atoms with Gasteiger partial charge in [-0.3, -0.25) is 14.5 Å². The highest BCUT2D eigenvalue weighted by Gasteiger charge is 2.53. The molecule has 2 atom stereocenters. The normalized spacial score (nSPS) is 19.2. The number of hydrogen-bond acceptors (Lipinski definition) is 12. The third-order valence-electron chi connectivity index (χ3n) is 6.08. The van der Waals surface area contributed by atoms with Gasteiger partial charge in [0.1, 0.15) is 43.2 Å². The lowest BCUT2D eigenvalue weighted by Gasteiger charge is -2.50. The third kappa shape index (κ3) is 5.07. The first-order valence-electron chi connectivity index (χ1n) is 11.7. The van der Waals surface area contributed by atoms with Crippen molar-refractivity contribution in [3.63, 3.8) is 0 Å². The number of hydrogen-bond donors (Lipinski definition) is 3. The predicted molar refractivity (Wildman–Crippen MR) is 144 cm³/mol. The molecule has 0 aromatic carbocycles. The van der Waals surface area contributed by atoms with E-state index in [2.05, 4.69) is 15.5 Å². The molecule has 39 heavy (non-hydrogen) atoms. The molecule has 5 N–H and O–H groups in total. The molecule has 0 saturated carbocycles. The molecule has 2 aliphatic heterocycles. The molecule has 0 bridgehead atoms. The second-order valence-corrected chi connectivity index (χ2v) is 11.6. The Bertz CT molecular complexity index is 1520. The number of aromatic nitrogens is 3. The molecule has 1 fully saturated rings. The second kappa shape index (κ2) is 11.3. The van der Waals surface area contributed by atoms with E-state index in [1.165, 1.54) is 23.8 Å². The van der Waals surface area contributed by atoms with Crippen molar-refractivity contribution in [1.29, 1.82) is 0 Å². The molecule has 16 heteroatoms. The van der Waals surface area contributed by atoms with E-state index in [9.17, 15) is 19.5 Å². The molecule has 5 heterocycles. The Labute approximate surface area is 234 Å². The summed E-state index contributed by atoms with van der Waals surface area (Å²) < 4.78 is 3.93. The van der Waals surface area contributed by atoms with E-state index in [1.807, 2.05) is 39.6 Å². The summed E-state index contributed by atoms with van der Waals surface area (Å²) >= 11 is 4.11. The number of oxime groups is 1. The number of pyridine rings is 1. The lowest BCUT2D eigenvalue weighted by atomic mass is 10.0. The number of fused-ring (bicyclic) bond motifs is 2. The van der Waals surface area contributed by atoms with E-state index in [-0.39, 0.29) is 28.8 Å². The van der Waals surface area contributed by atoms with Crippen LogP contribution in [0.4, 0.5) is 5.13 Å². The Hall–Kier alpha value is -3.60. The highest BCUT2D eigenvalue weighted by atomic mass is 32.2. The standard InChI is InChI=1S/C23H24N8O5S3/c1-36-28-16(13-11-39-23(25)26-13)19(32)27-17-20(33)31-18(22(34)35)12(10-38-21(17)31)9-29-6-7-30-14(29)3-2-4-15(30)37-8-5-24/h2-4,6-7,11,17,21H,5,8-10,24H2,1H3,(H3-,25,26,27,32,34,35)/b28-16-/t17-,21-/m1/s1. The van der Waals surface area contributed by atoms with Crippen LogP contribution >= 0.6 is 34.9 Å². The first-order chi connectivity index (χ1) is 18.8. The van der Waals surface area contributed by atoms with Gasteiger partial charge < -0.3 is 31.5 Å². The zero-order valence-corrected chi connectivity index (χ0v) is 23.1. The molecule has 204 valence electrons. The number of nitrogen functional groups attached to an aromatic ring is 1. The van der Waals surface area contributed by atoms with E-state index in [0.717, 1.165) is 27.8 Å². The maximum Gasteiger partial charge on any atom is 0.287 e. The van der Waals surface area contributed by atoms with Gasteiger partial charge in [-0.25, -0.2) is 9.55 Å². The number of thioether (sulfide) groups is 2. The molecule has 3 aromatic rings. The van der Waals surface area contributed by atoms with Gasteiger partial charge in [0.25, 0.3) is 17.5 Å². The van der Waals surface area contributed by atoms with Crippen LogP contribution in [0.3, 0.4) is 0 Å². The summed E-state index contributed by atoms with van der Waals surface area (Å²) in [6.07, 6.45) is 3.77. The molecule has 3 aromatic heterocycles. The van der Waals surface area contributed by atoms with Gasteiger partial charge in [-0.1, -0.05) is 16.9 Å². The summed E-state index contributed by atoms with van der Waals surface area (Å²) in [6.45, 7) is 0.801. The van der Waals surface area contributed by atoms with Crippen LogP contribution in [0.1, 0.15) is 5.69 Å². The fourth-order valence-electron chi connectivity index (χ4n) is 4.41. The highest BCUT2D eigenvalue weighted by Crippen LogP contribution is 2.40. The van der Waals surface area contributed by atoms with Gasteiger partial charge in [-0.15, -0.1) is 23.1 Å². The fourth-order valence-corrected chi connectivity index (χ4v) is 7.09. The Morgan fingerprint density at radius 1 is 1.41 bits per heavy atom. The first kappa shape index (κ1) is 27.0. The van der Waals surface area contributed by atoms with Gasteiger partial charge in [-0.05, 0) is 12.1 Å². The van der Waals surface area contributed by atoms with Gasteiger partial charge in [0.05, 0.1) is 11.7 Å². The summed E-state index contributed by atoms with van der Waals surface area (Å²) in [7, 11) is 1.28. The summed E-state index contributed by atoms with van der Waals surface area (Å²) in [6, 6.07) is 4.89. The highest BCUT2D eigenvalue weighted by molar-refractivity contribution is 8.00. The van der Waals surface area contributed by atoms with Gasteiger partial charge in [0.2, 0.25) is 0 Å². The van der Waals surface area contributed by atoms with Gasteiger partial charge in [0.15, 0.2) is 15.9 Å². The molecule has 1 saturated heterocycles. The van der Waals surface area contributed by atoms with Crippen LogP contribution in [-0.2, 0) is 25.8 Å². The lowest BCUT2D eigenvalue weighted by Crippen LogP contribution is -2.71. The Morgan fingerprint density at radius 3 is 2.92 bits per heavy atom. The molecule has 5 rings (SSSR count). The summed E-state index contributed by atoms with van der Waals surface area (Å²) in [5.74, 6) is -1.60. The summed E-state index contributed by atoms with van der Waals surface area (Å²) in [4.78, 5) is 48.3. The Balaban J connectivity index is 1.36. The number of nitrogens with one attached hydrogen (secondary N) is 1. The van der Waals surface area contributed by atoms with Gasteiger partial charge in [0, 0.05) is 35.1 Å². The number of imidazole rings is 1. The van der Waals surface area contributed by atoms with E-state index in [4.69, 9.17) is 16.3 Å². The maximum atomic E-state index is 13.1. The number of nitrogens with zero attached hydrogens (tertiary/aromatic N) is 5. The number of amides is 2. The van der Waals surface area contributed by atoms with E-state index in [0.29, 0.717) is 17.9 Å². The third-order valence-corrected chi connectivity index (χ3v) is 9.16. The minimum atomic E-state index is -1.45. The topological polar surface area (TPSA) is 184 Å². The lowest BCUT2D eigenvalue weighted by molar-refractivity contribution is -0.662. The molecular weight excluding hydrogens is 565 g/mol. The minimum Gasteiger partial charge on any atom is -0.543 e. The SMILES string of the molecule is CO/N=C(\C(=O)N[C@@H]1C(=O)N2C(C(=O)[O-])=C(C[n+]3ccn4c(SCCN)cccc43)CS[C@H]12)c1csc(N)n1. The number of thiazole rings is 1. The van der Waals surface area contributed by atoms with Crippen LogP contribution in [-0.4, -0.2) is 74.4 Å². The number of β-lactam (4-membered cyclic amide) rings is 1. The predicted octanol–water partition coefficient (Wildman–Crippen LogP) is -1.23. The number of carboxylic acids is 1. The van der Waals surface area contributed by atoms with E-state index in [1.54, 1.807) is 17.1 Å². The van der Waals surface area contributed by atoms with Crippen molar-refractivity contribution >= 4 is 69.1 Å². The van der Waals surface area contributed by atoms with Crippen molar-refractivity contribution < 1.29 is 28.9 Å². The number of carboxylic acid groups (broad SMARTS) is 1. The Kier molecular flexibility index (Phi) is 7.79. The van der Waals surface area contributed by atoms with Crippen LogP contribution < -0.4 is 26.5 Å². The number of anilines is 1. The van der Waals surface area contributed by atoms with Crippen molar-refractivity contribution in [2.24, 2.45) is 10.9 Å². The average Bonchev–Trinajstić information content (AvgIpc) is 3.54. The number of nitrogens with two attached hydrogens (primary N) is 2.